The molecular weight excluding hydrogens is 314 g/mol. The zero-order chi connectivity index (χ0) is 17.5. The Morgan fingerprint density at radius 2 is 1.79 bits per heavy atom. The standard InChI is InChI=1S/C18H18F2N2O2/c1-18(2,3)21-17(23)22-16(24-22)12-6-4-11(5-7-12)14-9-8-13(19)10-15(14)20/h4-10,16H,1-3H3,(H,21,23). The van der Waals surface area contributed by atoms with E-state index < -0.39 is 17.9 Å². The van der Waals surface area contributed by atoms with E-state index in [4.69, 9.17) is 4.84 Å². The maximum atomic E-state index is 13.8. The van der Waals surface area contributed by atoms with Crippen LogP contribution >= 0.6 is 0 Å². The van der Waals surface area contributed by atoms with Crippen LogP contribution in [0.1, 0.15) is 32.6 Å². The number of carbonyl (C=O) groups excluding carboxylic acids is 1. The van der Waals surface area contributed by atoms with Gasteiger partial charge in [0.1, 0.15) is 11.6 Å². The number of halogens is 2. The molecule has 1 N–H and O–H groups in total. The Kier molecular flexibility index (Phi) is 4.01. The summed E-state index contributed by atoms with van der Waals surface area (Å²) in [5.41, 5.74) is 1.38. The Labute approximate surface area is 139 Å². The predicted molar refractivity (Wildman–Crippen MR) is 85.7 cm³/mol. The zero-order valence-corrected chi connectivity index (χ0v) is 13.6. The Morgan fingerprint density at radius 3 is 2.38 bits per heavy atom. The van der Waals surface area contributed by atoms with Crippen LogP contribution in [0.3, 0.4) is 0 Å². The lowest BCUT2D eigenvalue weighted by atomic mass is 10.0. The number of carbonyl (C=O) groups is 1. The smallest absolute Gasteiger partial charge is 0.332 e. The summed E-state index contributed by atoms with van der Waals surface area (Å²) in [5, 5.41) is 4.06. The molecule has 0 saturated carbocycles. The SMILES string of the molecule is CC(C)(C)NC(=O)N1OC1c1ccc(-c2ccc(F)cc2F)cc1. The van der Waals surface area contributed by atoms with Gasteiger partial charge >= 0.3 is 6.03 Å². The van der Waals surface area contributed by atoms with Crippen LogP contribution in [0.25, 0.3) is 11.1 Å². The number of hydrogen-bond donors (Lipinski definition) is 1. The van der Waals surface area contributed by atoms with Crippen molar-refractivity contribution in [2.45, 2.75) is 32.5 Å². The molecule has 6 heteroatoms. The van der Waals surface area contributed by atoms with E-state index in [9.17, 15) is 13.6 Å². The first-order valence-corrected chi connectivity index (χ1v) is 7.58. The van der Waals surface area contributed by atoms with Crippen LogP contribution in [0, 0.1) is 11.6 Å². The molecule has 1 aliphatic heterocycles. The minimum atomic E-state index is -0.614. The molecule has 0 radical (unpaired) electrons. The topological polar surface area (TPSA) is 44.6 Å². The maximum absolute atomic E-state index is 13.8. The van der Waals surface area contributed by atoms with E-state index in [0.717, 1.165) is 11.6 Å². The van der Waals surface area contributed by atoms with Gasteiger partial charge in [-0.15, -0.1) is 0 Å². The molecule has 0 bridgehead atoms. The van der Waals surface area contributed by atoms with Crippen molar-refractivity contribution in [1.29, 1.82) is 0 Å². The van der Waals surface area contributed by atoms with Crippen molar-refractivity contribution in [2.24, 2.45) is 0 Å². The Morgan fingerprint density at radius 1 is 1.12 bits per heavy atom. The van der Waals surface area contributed by atoms with E-state index in [1.807, 2.05) is 20.8 Å². The van der Waals surface area contributed by atoms with Gasteiger partial charge in [0.2, 0.25) is 6.23 Å². The van der Waals surface area contributed by atoms with Crippen LogP contribution < -0.4 is 5.32 Å². The first-order valence-electron chi connectivity index (χ1n) is 7.58. The first-order chi connectivity index (χ1) is 11.2. The number of nitrogens with one attached hydrogen (secondary N) is 1. The van der Waals surface area contributed by atoms with Gasteiger partial charge < -0.3 is 5.32 Å². The summed E-state index contributed by atoms with van der Waals surface area (Å²) in [7, 11) is 0. The highest BCUT2D eigenvalue weighted by Gasteiger charge is 2.43. The molecule has 0 spiro atoms. The molecule has 1 saturated heterocycles. The summed E-state index contributed by atoms with van der Waals surface area (Å²) >= 11 is 0. The predicted octanol–water partition coefficient (Wildman–Crippen LogP) is 4.39. The highest BCUT2D eigenvalue weighted by atomic mass is 19.1. The van der Waals surface area contributed by atoms with Gasteiger partial charge in [-0.3, -0.25) is 0 Å². The molecule has 2 aromatic rings. The third kappa shape index (κ3) is 3.54. The van der Waals surface area contributed by atoms with Gasteiger partial charge in [-0.05, 0) is 38.5 Å². The normalized spacial score (nSPS) is 16.9. The van der Waals surface area contributed by atoms with Crippen molar-refractivity contribution in [3.8, 4) is 11.1 Å². The zero-order valence-electron chi connectivity index (χ0n) is 13.6. The molecule has 2 amide bonds. The lowest BCUT2D eigenvalue weighted by Gasteiger charge is -2.19. The van der Waals surface area contributed by atoms with Gasteiger partial charge in [-0.1, -0.05) is 24.3 Å². The number of rotatable bonds is 2. The molecule has 1 fully saturated rings. The lowest BCUT2D eigenvalue weighted by Crippen LogP contribution is -2.43. The van der Waals surface area contributed by atoms with Crippen molar-refractivity contribution in [2.75, 3.05) is 0 Å². The fraction of sp³-hybridized carbons (Fsp3) is 0.278. The number of nitrogens with zero attached hydrogens (tertiary/aromatic N) is 1. The van der Waals surface area contributed by atoms with Crippen molar-refractivity contribution >= 4 is 6.03 Å². The molecule has 0 aliphatic carbocycles. The summed E-state index contributed by atoms with van der Waals surface area (Å²) in [6, 6.07) is 10.1. The fourth-order valence-electron chi connectivity index (χ4n) is 2.36. The van der Waals surface area contributed by atoms with Crippen LogP contribution in [-0.2, 0) is 4.84 Å². The third-order valence-corrected chi connectivity index (χ3v) is 3.50. The summed E-state index contributed by atoms with van der Waals surface area (Å²) in [6.07, 6.45) is -0.445. The molecule has 0 aromatic heterocycles. The number of urea groups is 1. The second-order valence-electron chi connectivity index (χ2n) is 6.71. The van der Waals surface area contributed by atoms with Crippen molar-refractivity contribution in [3.05, 3.63) is 59.7 Å². The minimum Gasteiger partial charge on any atom is -0.332 e. The molecule has 2 aromatic carbocycles. The highest BCUT2D eigenvalue weighted by Crippen LogP contribution is 2.38. The monoisotopic (exact) mass is 332 g/mol. The van der Waals surface area contributed by atoms with Crippen molar-refractivity contribution in [1.82, 2.24) is 10.4 Å². The molecule has 24 heavy (non-hydrogen) atoms. The average Bonchev–Trinajstić information content (AvgIpc) is 3.26. The molecule has 1 atom stereocenters. The van der Waals surface area contributed by atoms with Gasteiger partial charge in [-0.25, -0.2) is 18.4 Å². The third-order valence-electron chi connectivity index (χ3n) is 3.50. The largest absolute Gasteiger partial charge is 0.344 e. The molecule has 1 heterocycles. The Bertz CT molecular complexity index is 770. The van der Waals surface area contributed by atoms with Gasteiger partial charge in [0, 0.05) is 22.7 Å². The fourth-order valence-corrected chi connectivity index (χ4v) is 2.36. The second kappa shape index (κ2) is 5.87. The highest BCUT2D eigenvalue weighted by molar-refractivity contribution is 5.75. The summed E-state index contributed by atoms with van der Waals surface area (Å²) < 4.78 is 26.8. The van der Waals surface area contributed by atoms with Gasteiger partial charge in [0.25, 0.3) is 0 Å². The molecule has 126 valence electrons. The maximum Gasteiger partial charge on any atom is 0.344 e. The van der Waals surface area contributed by atoms with Gasteiger partial charge in [-0.2, -0.15) is 5.06 Å². The van der Waals surface area contributed by atoms with Crippen LogP contribution in [0.5, 0.6) is 0 Å². The quantitative estimate of drug-likeness (QED) is 0.829. The van der Waals surface area contributed by atoms with E-state index >= 15 is 0 Å². The molecular formula is C18H18F2N2O2. The van der Waals surface area contributed by atoms with E-state index in [1.165, 1.54) is 17.2 Å². The lowest BCUT2D eigenvalue weighted by molar-refractivity contribution is 0.169. The summed E-state index contributed by atoms with van der Waals surface area (Å²) in [6.45, 7) is 5.65. The number of hydrogen-bond acceptors (Lipinski definition) is 2. The summed E-state index contributed by atoms with van der Waals surface area (Å²) in [5.74, 6) is -1.23. The van der Waals surface area contributed by atoms with E-state index in [1.54, 1.807) is 24.3 Å². The van der Waals surface area contributed by atoms with Crippen LogP contribution in [0.4, 0.5) is 13.6 Å². The minimum absolute atomic E-state index is 0.304. The Hall–Kier alpha value is -2.47. The van der Waals surface area contributed by atoms with Crippen LogP contribution in [-0.4, -0.2) is 16.6 Å². The van der Waals surface area contributed by atoms with Crippen molar-refractivity contribution < 1.29 is 18.4 Å². The van der Waals surface area contributed by atoms with Crippen LogP contribution in [0.2, 0.25) is 0 Å². The Balaban J connectivity index is 1.71. The molecule has 1 unspecified atom stereocenters. The van der Waals surface area contributed by atoms with Gasteiger partial charge in [0.05, 0.1) is 0 Å². The van der Waals surface area contributed by atoms with E-state index in [2.05, 4.69) is 5.32 Å². The second-order valence-corrected chi connectivity index (χ2v) is 6.71. The number of benzene rings is 2. The first kappa shape index (κ1) is 16.4. The average molecular weight is 332 g/mol. The molecule has 3 rings (SSSR count). The number of hydroxylamine groups is 2. The van der Waals surface area contributed by atoms with Crippen LogP contribution in [0.15, 0.2) is 42.5 Å². The molecule has 4 nitrogen and oxygen atoms in total. The van der Waals surface area contributed by atoms with E-state index in [0.29, 0.717) is 11.1 Å². The van der Waals surface area contributed by atoms with Gasteiger partial charge in [0.15, 0.2) is 0 Å². The van der Waals surface area contributed by atoms with Crippen molar-refractivity contribution in [3.63, 3.8) is 0 Å². The summed E-state index contributed by atoms with van der Waals surface area (Å²) in [4.78, 5) is 17.3. The number of amides is 2. The van der Waals surface area contributed by atoms with E-state index in [-0.39, 0.29) is 11.6 Å². The molecule has 1 aliphatic rings.